The fourth-order valence-corrected chi connectivity index (χ4v) is 3.76. The van der Waals surface area contributed by atoms with Gasteiger partial charge in [0.05, 0.1) is 6.61 Å². The predicted molar refractivity (Wildman–Crippen MR) is 80.3 cm³/mol. The van der Waals surface area contributed by atoms with Crippen molar-refractivity contribution in [1.82, 2.24) is 5.32 Å². The van der Waals surface area contributed by atoms with Crippen LogP contribution in [0.15, 0.2) is 12.1 Å². The highest BCUT2D eigenvalue weighted by Crippen LogP contribution is 2.33. The molecular formula is C16H22ClNO2. The Morgan fingerprint density at radius 1 is 1.30 bits per heavy atom. The van der Waals surface area contributed by atoms with Gasteiger partial charge in [0.1, 0.15) is 5.75 Å². The van der Waals surface area contributed by atoms with Crippen LogP contribution in [0, 0.1) is 11.8 Å². The Kier molecular flexibility index (Phi) is 4.49. The first-order valence-corrected chi connectivity index (χ1v) is 7.91. The molecule has 2 N–H and O–H groups in total. The van der Waals surface area contributed by atoms with E-state index in [0.29, 0.717) is 18.4 Å². The third-order valence-corrected chi connectivity index (χ3v) is 4.82. The first kappa shape index (κ1) is 14.2. The minimum Gasteiger partial charge on any atom is -0.493 e. The van der Waals surface area contributed by atoms with Crippen LogP contribution in [0.3, 0.4) is 0 Å². The van der Waals surface area contributed by atoms with E-state index in [1.165, 1.54) is 24.8 Å². The molecule has 0 saturated heterocycles. The van der Waals surface area contributed by atoms with E-state index >= 15 is 0 Å². The van der Waals surface area contributed by atoms with Crippen molar-refractivity contribution >= 4 is 11.6 Å². The van der Waals surface area contributed by atoms with Gasteiger partial charge < -0.3 is 15.2 Å². The lowest BCUT2D eigenvalue weighted by Gasteiger charge is -2.18. The Balaban J connectivity index is 1.59. The van der Waals surface area contributed by atoms with Crippen molar-refractivity contribution < 1.29 is 9.84 Å². The molecule has 1 aliphatic heterocycles. The fourth-order valence-electron chi connectivity index (χ4n) is 3.49. The Labute approximate surface area is 125 Å². The maximum absolute atomic E-state index is 9.35. The molecule has 1 aromatic rings. The van der Waals surface area contributed by atoms with Crippen LogP contribution in [-0.2, 0) is 13.0 Å². The number of nitrogens with one attached hydrogen (secondary N) is 1. The zero-order chi connectivity index (χ0) is 13.9. The van der Waals surface area contributed by atoms with Crippen molar-refractivity contribution in [3.05, 3.63) is 28.3 Å². The van der Waals surface area contributed by atoms with Crippen LogP contribution in [0.5, 0.6) is 5.75 Å². The van der Waals surface area contributed by atoms with Crippen LogP contribution >= 0.6 is 11.6 Å². The summed E-state index contributed by atoms with van der Waals surface area (Å²) in [7, 11) is 0. The molecule has 2 aliphatic rings. The highest BCUT2D eigenvalue weighted by molar-refractivity contribution is 6.30. The van der Waals surface area contributed by atoms with E-state index in [1.807, 2.05) is 12.1 Å². The Morgan fingerprint density at radius 3 is 3.00 bits per heavy atom. The molecule has 2 atom stereocenters. The van der Waals surface area contributed by atoms with E-state index in [2.05, 4.69) is 5.32 Å². The van der Waals surface area contributed by atoms with Crippen molar-refractivity contribution in [3.63, 3.8) is 0 Å². The van der Waals surface area contributed by atoms with Crippen molar-refractivity contribution in [2.75, 3.05) is 19.8 Å². The van der Waals surface area contributed by atoms with Gasteiger partial charge in [-0.3, -0.25) is 0 Å². The highest BCUT2D eigenvalue weighted by atomic mass is 35.5. The zero-order valence-corrected chi connectivity index (χ0v) is 12.5. The summed E-state index contributed by atoms with van der Waals surface area (Å²) in [5, 5.41) is 13.7. The topological polar surface area (TPSA) is 41.5 Å². The number of fused-ring (bicyclic) bond motifs is 1. The van der Waals surface area contributed by atoms with Crippen LogP contribution in [0.2, 0.25) is 5.02 Å². The lowest BCUT2D eigenvalue weighted by molar-refractivity contribution is 0.192. The molecular weight excluding hydrogens is 274 g/mol. The molecule has 1 saturated carbocycles. The summed E-state index contributed by atoms with van der Waals surface area (Å²) in [5.41, 5.74) is 2.38. The van der Waals surface area contributed by atoms with Gasteiger partial charge in [0.15, 0.2) is 0 Å². The zero-order valence-electron chi connectivity index (χ0n) is 11.7. The van der Waals surface area contributed by atoms with Crippen molar-refractivity contribution in [3.8, 4) is 5.75 Å². The number of ether oxygens (including phenoxy) is 1. The largest absolute Gasteiger partial charge is 0.493 e. The molecule has 1 aromatic carbocycles. The molecule has 1 heterocycles. The summed E-state index contributed by atoms with van der Waals surface area (Å²) < 4.78 is 5.71. The lowest BCUT2D eigenvalue weighted by atomic mass is 9.97. The Hall–Kier alpha value is -0.770. The number of rotatable bonds is 5. The second-order valence-electron chi connectivity index (χ2n) is 5.92. The first-order valence-electron chi connectivity index (χ1n) is 7.53. The van der Waals surface area contributed by atoms with Gasteiger partial charge in [-0.15, -0.1) is 0 Å². The third-order valence-electron chi connectivity index (χ3n) is 4.60. The number of benzene rings is 1. The molecule has 3 rings (SSSR count). The average molecular weight is 296 g/mol. The lowest BCUT2D eigenvalue weighted by Crippen LogP contribution is -2.26. The monoisotopic (exact) mass is 295 g/mol. The Morgan fingerprint density at radius 2 is 2.15 bits per heavy atom. The van der Waals surface area contributed by atoms with Gasteiger partial charge in [-0.1, -0.05) is 18.0 Å². The van der Waals surface area contributed by atoms with E-state index in [9.17, 15) is 5.11 Å². The molecule has 3 nitrogen and oxygen atoms in total. The quantitative estimate of drug-likeness (QED) is 0.878. The summed E-state index contributed by atoms with van der Waals surface area (Å²) in [5.74, 6) is 2.10. The number of aliphatic hydroxyl groups excluding tert-OH is 1. The van der Waals surface area contributed by atoms with Crippen LogP contribution in [0.25, 0.3) is 0 Å². The van der Waals surface area contributed by atoms with Gasteiger partial charge in [-0.05, 0) is 48.9 Å². The van der Waals surface area contributed by atoms with Crippen molar-refractivity contribution in [1.29, 1.82) is 0 Å². The molecule has 0 spiro atoms. The standard InChI is InChI=1S/C16H22ClNO2/c17-15-6-11-4-5-20-16(11)14(7-15)9-18-8-12-2-1-3-13(12)10-19/h6-7,12-13,18-19H,1-5,8-10H2. The predicted octanol–water partition coefficient (Wildman–Crippen LogP) is 2.77. The van der Waals surface area contributed by atoms with Crippen LogP contribution < -0.4 is 10.1 Å². The highest BCUT2D eigenvalue weighted by Gasteiger charge is 2.26. The molecule has 2 unspecified atom stereocenters. The molecule has 1 aliphatic carbocycles. The van der Waals surface area contributed by atoms with Crippen LogP contribution in [0.4, 0.5) is 0 Å². The van der Waals surface area contributed by atoms with E-state index in [1.54, 1.807) is 0 Å². The number of hydrogen-bond donors (Lipinski definition) is 2. The van der Waals surface area contributed by atoms with E-state index < -0.39 is 0 Å². The van der Waals surface area contributed by atoms with E-state index in [0.717, 1.165) is 42.5 Å². The normalized spacial score (nSPS) is 24.7. The van der Waals surface area contributed by atoms with Crippen molar-refractivity contribution in [2.24, 2.45) is 11.8 Å². The van der Waals surface area contributed by atoms with Crippen LogP contribution in [0.1, 0.15) is 30.4 Å². The van der Waals surface area contributed by atoms with Crippen molar-refractivity contribution in [2.45, 2.75) is 32.2 Å². The molecule has 110 valence electrons. The summed E-state index contributed by atoms with van der Waals surface area (Å²) in [6.07, 6.45) is 4.59. The summed E-state index contributed by atoms with van der Waals surface area (Å²) in [6.45, 7) is 2.84. The van der Waals surface area contributed by atoms with E-state index in [4.69, 9.17) is 16.3 Å². The molecule has 0 radical (unpaired) electrons. The summed E-state index contributed by atoms with van der Waals surface area (Å²) >= 11 is 6.16. The van der Waals surface area contributed by atoms with Gasteiger partial charge in [-0.25, -0.2) is 0 Å². The second kappa shape index (κ2) is 6.33. The molecule has 4 heteroatoms. The molecule has 0 aromatic heterocycles. The van der Waals surface area contributed by atoms with Gasteiger partial charge in [0.25, 0.3) is 0 Å². The summed E-state index contributed by atoms with van der Waals surface area (Å²) in [6, 6.07) is 4.00. The van der Waals surface area contributed by atoms with Crippen LogP contribution in [-0.4, -0.2) is 24.9 Å². The second-order valence-corrected chi connectivity index (χ2v) is 6.35. The number of halogens is 1. The van der Waals surface area contributed by atoms with Gasteiger partial charge >= 0.3 is 0 Å². The van der Waals surface area contributed by atoms with E-state index in [-0.39, 0.29) is 0 Å². The SMILES string of the molecule is OCC1CCCC1CNCc1cc(Cl)cc2c1OCC2. The fraction of sp³-hybridized carbons (Fsp3) is 0.625. The number of aliphatic hydroxyl groups is 1. The maximum atomic E-state index is 9.35. The smallest absolute Gasteiger partial charge is 0.127 e. The third kappa shape index (κ3) is 2.95. The first-order chi connectivity index (χ1) is 9.78. The molecule has 1 fully saturated rings. The van der Waals surface area contributed by atoms with Gasteiger partial charge in [0.2, 0.25) is 0 Å². The molecule has 0 amide bonds. The average Bonchev–Trinajstić information content (AvgIpc) is 3.06. The van der Waals surface area contributed by atoms with Gasteiger partial charge in [0, 0.05) is 30.2 Å². The minimum atomic E-state index is 0.321. The Bertz CT molecular complexity index is 478. The van der Waals surface area contributed by atoms with Gasteiger partial charge in [-0.2, -0.15) is 0 Å². The molecule has 0 bridgehead atoms. The number of hydrogen-bond acceptors (Lipinski definition) is 3. The molecule has 20 heavy (non-hydrogen) atoms. The summed E-state index contributed by atoms with van der Waals surface area (Å²) in [4.78, 5) is 0. The maximum Gasteiger partial charge on any atom is 0.127 e. The minimum absolute atomic E-state index is 0.321.